The minimum Gasteiger partial charge on any atom is -0.331 e. The number of para-hydroxylation sites is 2. The lowest BCUT2D eigenvalue weighted by molar-refractivity contribution is 0.235. The maximum Gasteiger partial charge on any atom is 0.0958 e. The van der Waals surface area contributed by atoms with Gasteiger partial charge < -0.3 is 14.8 Å². The zero-order valence-corrected chi connectivity index (χ0v) is 10.7. The van der Waals surface area contributed by atoms with Crippen molar-refractivity contribution in [2.45, 2.75) is 13.0 Å². The van der Waals surface area contributed by atoms with Gasteiger partial charge in [-0.3, -0.25) is 0 Å². The first-order chi connectivity index (χ1) is 8.93. The maximum atomic E-state index is 4.42. The van der Waals surface area contributed by atoms with Gasteiger partial charge in [-0.15, -0.1) is 0 Å². The molecule has 18 heavy (non-hydrogen) atoms. The Bertz CT molecular complexity index is 499. The highest BCUT2D eigenvalue weighted by molar-refractivity contribution is 5.74. The first kappa shape index (κ1) is 11.7. The van der Waals surface area contributed by atoms with Gasteiger partial charge in [0.1, 0.15) is 0 Å². The second kappa shape index (κ2) is 5.50. The molecule has 0 aliphatic carbocycles. The van der Waals surface area contributed by atoms with E-state index in [1.54, 1.807) is 0 Å². The number of aromatic nitrogens is 2. The third-order valence-electron chi connectivity index (χ3n) is 3.61. The summed E-state index contributed by atoms with van der Waals surface area (Å²) >= 11 is 0. The molecule has 0 unspecified atom stereocenters. The number of aryl methyl sites for hydroxylation is 1. The van der Waals surface area contributed by atoms with Crippen LogP contribution in [0.3, 0.4) is 0 Å². The summed E-state index contributed by atoms with van der Waals surface area (Å²) < 4.78 is 2.26. The first-order valence-corrected chi connectivity index (χ1v) is 6.76. The van der Waals surface area contributed by atoms with Crippen LogP contribution in [0.2, 0.25) is 0 Å². The highest BCUT2D eigenvalue weighted by atomic mass is 15.2. The van der Waals surface area contributed by atoms with Gasteiger partial charge in [0.25, 0.3) is 0 Å². The van der Waals surface area contributed by atoms with Gasteiger partial charge in [-0.05, 0) is 25.1 Å². The van der Waals surface area contributed by atoms with Crippen LogP contribution < -0.4 is 5.32 Å². The SMILES string of the molecule is c1ccc2c(c1)ncn2CCCN1CCNCC1. The smallest absolute Gasteiger partial charge is 0.0958 e. The van der Waals surface area contributed by atoms with Gasteiger partial charge in [-0.1, -0.05) is 12.1 Å². The van der Waals surface area contributed by atoms with Gasteiger partial charge in [-0.25, -0.2) is 4.98 Å². The van der Waals surface area contributed by atoms with Crippen LogP contribution in [0.4, 0.5) is 0 Å². The first-order valence-electron chi connectivity index (χ1n) is 6.76. The van der Waals surface area contributed by atoms with E-state index >= 15 is 0 Å². The molecule has 0 radical (unpaired) electrons. The molecule has 1 aliphatic heterocycles. The predicted octanol–water partition coefficient (Wildman–Crippen LogP) is 1.33. The summed E-state index contributed by atoms with van der Waals surface area (Å²) in [6.07, 6.45) is 3.16. The summed E-state index contributed by atoms with van der Waals surface area (Å²) in [5, 5.41) is 3.39. The molecule has 0 atom stereocenters. The van der Waals surface area contributed by atoms with Crippen LogP contribution in [-0.2, 0) is 6.54 Å². The lowest BCUT2D eigenvalue weighted by Gasteiger charge is -2.27. The third-order valence-corrected chi connectivity index (χ3v) is 3.61. The molecule has 0 bridgehead atoms. The fourth-order valence-corrected chi connectivity index (χ4v) is 2.59. The molecular weight excluding hydrogens is 224 g/mol. The summed E-state index contributed by atoms with van der Waals surface area (Å²) in [6, 6.07) is 8.34. The minimum atomic E-state index is 1.06. The number of benzene rings is 1. The Labute approximate surface area is 108 Å². The number of nitrogens with zero attached hydrogens (tertiary/aromatic N) is 3. The van der Waals surface area contributed by atoms with Crippen molar-refractivity contribution >= 4 is 11.0 Å². The van der Waals surface area contributed by atoms with Gasteiger partial charge in [0, 0.05) is 32.7 Å². The number of hydrogen-bond donors (Lipinski definition) is 1. The minimum absolute atomic E-state index is 1.06. The fraction of sp³-hybridized carbons (Fsp3) is 0.500. The monoisotopic (exact) mass is 244 g/mol. The van der Waals surface area contributed by atoms with E-state index in [-0.39, 0.29) is 0 Å². The molecule has 4 nitrogen and oxygen atoms in total. The van der Waals surface area contributed by atoms with Gasteiger partial charge in [0.2, 0.25) is 0 Å². The number of rotatable bonds is 4. The molecule has 3 rings (SSSR count). The van der Waals surface area contributed by atoms with E-state index < -0.39 is 0 Å². The summed E-state index contributed by atoms with van der Waals surface area (Å²) in [4.78, 5) is 6.96. The van der Waals surface area contributed by atoms with Crippen molar-refractivity contribution in [2.24, 2.45) is 0 Å². The average molecular weight is 244 g/mol. The predicted molar refractivity (Wildman–Crippen MR) is 73.7 cm³/mol. The van der Waals surface area contributed by atoms with E-state index in [0.717, 1.165) is 25.2 Å². The molecule has 2 aromatic rings. The standard InChI is InChI=1S/C14H20N4/c1-2-5-14-13(4-1)16-12-18(14)9-3-8-17-10-6-15-7-11-17/h1-2,4-5,12,15H,3,6-11H2. The van der Waals surface area contributed by atoms with E-state index in [9.17, 15) is 0 Å². The number of fused-ring (bicyclic) bond motifs is 1. The normalized spacial score (nSPS) is 17.3. The fourth-order valence-electron chi connectivity index (χ4n) is 2.59. The molecule has 1 N–H and O–H groups in total. The highest BCUT2D eigenvalue weighted by Gasteiger charge is 2.08. The van der Waals surface area contributed by atoms with Crippen molar-refractivity contribution in [3.63, 3.8) is 0 Å². The molecule has 0 spiro atoms. The molecule has 0 saturated carbocycles. The Morgan fingerprint density at radius 1 is 1.11 bits per heavy atom. The number of hydrogen-bond acceptors (Lipinski definition) is 3. The number of piperazine rings is 1. The number of nitrogens with one attached hydrogen (secondary N) is 1. The van der Waals surface area contributed by atoms with Crippen LogP contribution in [0, 0.1) is 0 Å². The molecular formula is C14H20N4. The zero-order valence-electron chi connectivity index (χ0n) is 10.7. The molecule has 0 amide bonds. The molecule has 4 heteroatoms. The lowest BCUT2D eigenvalue weighted by atomic mass is 10.3. The van der Waals surface area contributed by atoms with E-state index in [1.165, 1.54) is 31.6 Å². The second-order valence-electron chi connectivity index (χ2n) is 4.87. The lowest BCUT2D eigenvalue weighted by Crippen LogP contribution is -2.43. The zero-order chi connectivity index (χ0) is 12.2. The van der Waals surface area contributed by atoms with Gasteiger partial charge in [0.05, 0.1) is 17.4 Å². The van der Waals surface area contributed by atoms with E-state index in [0.29, 0.717) is 0 Å². The van der Waals surface area contributed by atoms with Crippen molar-refractivity contribution in [2.75, 3.05) is 32.7 Å². The second-order valence-corrected chi connectivity index (χ2v) is 4.87. The van der Waals surface area contributed by atoms with Crippen LogP contribution in [0.5, 0.6) is 0 Å². The topological polar surface area (TPSA) is 33.1 Å². The third kappa shape index (κ3) is 2.54. The molecule has 1 saturated heterocycles. The summed E-state index contributed by atoms with van der Waals surface area (Å²) in [5.41, 5.74) is 2.34. The maximum absolute atomic E-state index is 4.42. The van der Waals surface area contributed by atoms with E-state index in [2.05, 4.69) is 38.0 Å². The average Bonchev–Trinajstić information content (AvgIpc) is 2.84. The quantitative estimate of drug-likeness (QED) is 0.881. The van der Waals surface area contributed by atoms with E-state index in [4.69, 9.17) is 0 Å². The van der Waals surface area contributed by atoms with Crippen LogP contribution in [0.1, 0.15) is 6.42 Å². The molecule has 1 aromatic carbocycles. The molecule has 1 aromatic heterocycles. The van der Waals surface area contributed by atoms with Crippen LogP contribution in [0.25, 0.3) is 11.0 Å². The Morgan fingerprint density at radius 2 is 1.94 bits per heavy atom. The molecule has 1 aliphatic rings. The molecule has 96 valence electrons. The van der Waals surface area contributed by atoms with Crippen molar-refractivity contribution in [1.82, 2.24) is 19.8 Å². The van der Waals surface area contributed by atoms with Crippen molar-refractivity contribution in [1.29, 1.82) is 0 Å². The summed E-state index contributed by atoms with van der Waals surface area (Å²) in [5.74, 6) is 0. The van der Waals surface area contributed by atoms with Gasteiger partial charge in [-0.2, -0.15) is 0 Å². The van der Waals surface area contributed by atoms with E-state index in [1.807, 2.05) is 12.4 Å². The van der Waals surface area contributed by atoms with Crippen LogP contribution >= 0.6 is 0 Å². The van der Waals surface area contributed by atoms with Crippen LogP contribution in [-0.4, -0.2) is 47.2 Å². The van der Waals surface area contributed by atoms with Crippen molar-refractivity contribution in [3.8, 4) is 0 Å². The highest BCUT2D eigenvalue weighted by Crippen LogP contribution is 2.12. The number of imidazole rings is 1. The Hall–Kier alpha value is -1.39. The Balaban J connectivity index is 1.56. The molecule has 2 heterocycles. The largest absolute Gasteiger partial charge is 0.331 e. The Kier molecular flexibility index (Phi) is 3.57. The van der Waals surface area contributed by atoms with Gasteiger partial charge in [0.15, 0.2) is 0 Å². The molecule has 1 fully saturated rings. The Morgan fingerprint density at radius 3 is 2.83 bits per heavy atom. The van der Waals surface area contributed by atoms with Gasteiger partial charge >= 0.3 is 0 Å². The van der Waals surface area contributed by atoms with Crippen LogP contribution in [0.15, 0.2) is 30.6 Å². The van der Waals surface area contributed by atoms with Crippen molar-refractivity contribution < 1.29 is 0 Å². The summed E-state index contributed by atoms with van der Waals surface area (Å²) in [7, 11) is 0. The summed E-state index contributed by atoms with van der Waals surface area (Å²) in [6.45, 7) is 6.88. The van der Waals surface area contributed by atoms with Crippen molar-refractivity contribution in [3.05, 3.63) is 30.6 Å².